The van der Waals surface area contributed by atoms with Gasteiger partial charge < -0.3 is 11.1 Å². The molecule has 0 aliphatic heterocycles. The van der Waals surface area contributed by atoms with Crippen molar-refractivity contribution in [3.05, 3.63) is 54.1 Å². The first-order valence-electron chi connectivity index (χ1n) is 6.59. The van der Waals surface area contributed by atoms with E-state index < -0.39 is 16.8 Å². The molecule has 22 heavy (non-hydrogen) atoms. The molecule has 5 nitrogen and oxygen atoms in total. The Balaban J connectivity index is 2.18. The first-order valence-corrected chi connectivity index (χ1v) is 7.74. The van der Waals surface area contributed by atoms with Crippen molar-refractivity contribution in [3.8, 4) is 6.07 Å². The average Bonchev–Trinajstić information content (AvgIpc) is 2.54. The van der Waals surface area contributed by atoms with Gasteiger partial charge in [-0.2, -0.15) is 5.26 Å². The van der Waals surface area contributed by atoms with Crippen molar-refractivity contribution < 1.29 is 9.00 Å². The van der Waals surface area contributed by atoms with Crippen LogP contribution in [0.25, 0.3) is 0 Å². The van der Waals surface area contributed by atoms with Crippen LogP contribution in [0.2, 0.25) is 0 Å². The molecular formula is C16H15N3O2S. The zero-order valence-corrected chi connectivity index (χ0v) is 12.8. The fourth-order valence-electron chi connectivity index (χ4n) is 1.74. The zero-order valence-electron chi connectivity index (χ0n) is 11.9. The van der Waals surface area contributed by atoms with Crippen molar-refractivity contribution in [1.82, 2.24) is 0 Å². The number of hydrogen-bond donors (Lipinski definition) is 2. The second-order valence-electron chi connectivity index (χ2n) is 4.71. The number of carbonyl (C=O) groups is 1. The van der Waals surface area contributed by atoms with Crippen LogP contribution in [0.1, 0.15) is 12.5 Å². The van der Waals surface area contributed by atoms with Crippen molar-refractivity contribution in [2.45, 2.75) is 22.8 Å². The lowest BCUT2D eigenvalue weighted by atomic mass is 10.2. The molecule has 0 aliphatic rings. The van der Waals surface area contributed by atoms with E-state index in [0.717, 1.165) is 0 Å². The Labute approximate surface area is 131 Å². The summed E-state index contributed by atoms with van der Waals surface area (Å²) in [5.41, 5.74) is 6.53. The standard InChI is InChI=1S/C16H15N3O2S/c1-11(18)16(20)19-13-5-7-14(8-6-13)22(21)15-4-2-3-12(9-15)10-17/h2-9,11H,18H2,1H3,(H,19,20). The van der Waals surface area contributed by atoms with Crippen LogP contribution < -0.4 is 11.1 Å². The van der Waals surface area contributed by atoms with Crippen LogP contribution in [-0.4, -0.2) is 16.2 Å². The summed E-state index contributed by atoms with van der Waals surface area (Å²) in [6, 6.07) is 14.8. The van der Waals surface area contributed by atoms with E-state index in [1.807, 2.05) is 6.07 Å². The Bertz CT molecular complexity index is 749. The van der Waals surface area contributed by atoms with Gasteiger partial charge in [0.1, 0.15) is 0 Å². The molecule has 112 valence electrons. The van der Waals surface area contributed by atoms with E-state index in [1.54, 1.807) is 55.5 Å². The topological polar surface area (TPSA) is 96.0 Å². The number of benzene rings is 2. The summed E-state index contributed by atoms with van der Waals surface area (Å²) in [5, 5.41) is 11.5. The van der Waals surface area contributed by atoms with Crippen LogP contribution in [0.5, 0.6) is 0 Å². The molecule has 0 spiro atoms. The van der Waals surface area contributed by atoms with E-state index >= 15 is 0 Å². The smallest absolute Gasteiger partial charge is 0.240 e. The third-order valence-electron chi connectivity index (χ3n) is 2.93. The summed E-state index contributed by atoms with van der Waals surface area (Å²) in [6.07, 6.45) is 0. The summed E-state index contributed by atoms with van der Waals surface area (Å²) in [5.74, 6) is -0.282. The molecule has 0 fully saturated rings. The molecule has 0 radical (unpaired) electrons. The minimum Gasteiger partial charge on any atom is -0.325 e. The van der Waals surface area contributed by atoms with Crippen molar-refractivity contribution in [3.63, 3.8) is 0 Å². The molecule has 0 saturated heterocycles. The van der Waals surface area contributed by atoms with Crippen LogP contribution in [0, 0.1) is 11.3 Å². The number of nitrogens with one attached hydrogen (secondary N) is 1. The third kappa shape index (κ3) is 3.79. The molecule has 2 rings (SSSR count). The predicted octanol–water partition coefficient (Wildman–Crippen LogP) is 2.01. The lowest BCUT2D eigenvalue weighted by Gasteiger charge is -2.08. The maximum absolute atomic E-state index is 12.5. The molecule has 0 saturated carbocycles. The normalized spacial score (nSPS) is 13.0. The van der Waals surface area contributed by atoms with Crippen LogP contribution >= 0.6 is 0 Å². The zero-order chi connectivity index (χ0) is 16.1. The van der Waals surface area contributed by atoms with Gasteiger partial charge in [-0.15, -0.1) is 0 Å². The Kier molecular flexibility index (Phi) is 5.04. The molecular weight excluding hydrogens is 298 g/mol. The van der Waals surface area contributed by atoms with Gasteiger partial charge >= 0.3 is 0 Å². The van der Waals surface area contributed by atoms with Crippen LogP contribution in [0.4, 0.5) is 5.69 Å². The van der Waals surface area contributed by atoms with E-state index in [0.29, 0.717) is 21.0 Å². The van der Waals surface area contributed by atoms with Gasteiger partial charge in [0.05, 0.1) is 28.5 Å². The largest absolute Gasteiger partial charge is 0.325 e. The fourth-order valence-corrected chi connectivity index (χ4v) is 2.83. The van der Waals surface area contributed by atoms with Crippen LogP contribution in [0.3, 0.4) is 0 Å². The van der Waals surface area contributed by atoms with E-state index in [2.05, 4.69) is 5.32 Å². The second kappa shape index (κ2) is 6.98. The van der Waals surface area contributed by atoms with Crippen LogP contribution in [0.15, 0.2) is 58.3 Å². The van der Waals surface area contributed by atoms with E-state index in [1.165, 1.54) is 0 Å². The third-order valence-corrected chi connectivity index (χ3v) is 4.31. The number of nitrogens with zero attached hydrogens (tertiary/aromatic N) is 1. The number of nitriles is 1. The first-order chi connectivity index (χ1) is 10.5. The Morgan fingerprint density at radius 1 is 1.23 bits per heavy atom. The fraction of sp³-hybridized carbons (Fsp3) is 0.125. The van der Waals surface area contributed by atoms with Gasteiger partial charge in [0.2, 0.25) is 5.91 Å². The number of anilines is 1. The minimum absolute atomic E-state index is 0.282. The Hall–Kier alpha value is -2.49. The molecule has 0 aromatic heterocycles. The molecule has 0 bridgehead atoms. The summed E-state index contributed by atoms with van der Waals surface area (Å²) in [6.45, 7) is 1.60. The van der Waals surface area contributed by atoms with Gasteiger partial charge in [0.25, 0.3) is 0 Å². The number of rotatable bonds is 4. The SMILES string of the molecule is CC(N)C(=O)Nc1ccc(S(=O)c2cccc(C#N)c2)cc1. The molecule has 0 aliphatic carbocycles. The Morgan fingerprint density at radius 3 is 2.50 bits per heavy atom. The highest BCUT2D eigenvalue weighted by Gasteiger charge is 2.10. The monoisotopic (exact) mass is 313 g/mol. The molecule has 2 aromatic carbocycles. The van der Waals surface area contributed by atoms with Gasteiger partial charge in [0.15, 0.2) is 0 Å². The second-order valence-corrected chi connectivity index (χ2v) is 6.19. The van der Waals surface area contributed by atoms with Gasteiger partial charge in [-0.3, -0.25) is 4.79 Å². The number of carbonyl (C=O) groups excluding carboxylic acids is 1. The van der Waals surface area contributed by atoms with Crippen LogP contribution in [-0.2, 0) is 15.6 Å². The number of amides is 1. The summed E-state index contributed by atoms with van der Waals surface area (Å²) in [7, 11) is -1.38. The van der Waals surface area contributed by atoms with Gasteiger partial charge in [-0.25, -0.2) is 4.21 Å². The van der Waals surface area contributed by atoms with Gasteiger partial charge in [-0.05, 0) is 49.4 Å². The first kappa shape index (κ1) is 15.9. The lowest BCUT2D eigenvalue weighted by molar-refractivity contribution is -0.117. The maximum Gasteiger partial charge on any atom is 0.240 e. The highest BCUT2D eigenvalue weighted by Crippen LogP contribution is 2.19. The summed E-state index contributed by atoms with van der Waals surface area (Å²) >= 11 is 0. The molecule has 6 heteroatoms. The highest BCUT2D eigenvalue weighted by atomic mass is 32.2. The molecule has 2 atom stereocenters. The van der Waals surface area contributed by atoms with Crippen molar-refractivity contribution in [2.75, 3.05) is 5.32 Å². The minimum atomic E-state index is -1.38. The quantitative estimate of drug-likeness (QED) is 0.902. The summed E-state index contributed by atoms with van der Waals surface area (Å²) in [4.78, 5) is 12.6. The molecule has 3 N–H and O–H groups in total. The number of nitrogens with two attached hydrogens (primary N) is 1. The Morgan fingerprint density at radius 2 is 1.91 bits per heavy atom. The molecule has 2 unspecified atom stereocenters. The van der Waals surface area contributed by atoms with Gasteiger partial charge in [0, 0.05) is 15.5 Å². The van der Waals surface area contributed by atoms with Crippen molar-refractivity contribution in [2.24, 2.45) is 5.73 Å². The van der Waals surface area contributed by atoms with E-state index in [9.17, 15) is 9.00 Å². The lowest BCUT2D eigenvalue weighted by Crippen LogP contribution is -2.32. The van der Waals surface area contributed by atoms with Crippen molar-refractivity contribution in [1.29, 1.82) is 5.26 Å². The van der Waals surface area contributed by atoms with Crippen molar-refractivity contribution >= 4 is 22.4 Å². The predicted molar refractivity (Wildman–Crippen MR) is 84.6 cm³/mol. The molecule has 0 heterocycles. The average molecular weight is 313 g/mol. The number of hydrogen-bond acceptors (Lipinski definition) is 4. The molecule has 1 amide bonds. The maximum atomic E-state index is 12.5. The highest BCUT2D eigenvalue weighted by molar-refractivity contribution is 7.85. The molecule has 2 aromatic rings. The van der Waals surface area contributed by atoms with E-state index in [4.69, 9.17) is 11.0 Å². The van der Waals surface area contributed by atoms with E-state index in [-0.39, 0.29) is 5.91 Å². The van der Waals surface area contributed by atoms with Gasteiger partial charge in [-0.1, -0.05) is 6.07 Å². The summed E-state index contributed by atoms with van der Waals surface area (Å²) < 4.78 is 12.5.